The third-order valence-electron chi connectivity index (χ3n) is 3.30. The quantitative estimate of drug-likeness (QED) is 0.440. The standard InChI is InChI=1S/C16H23N3O5/c17-9-1-2-13(16(18)23)19-14(20)8-5-11-3-6-12(7-4-11)24-10-15(21)22/h3-4,6-7,13H,1-2,5,8-10,17H2,(H2,18,23)(H,19,20)(H,21,22)/t13-/m0/s1. The lowest BCUT2D eigenvalue weighted by Gasteiger charge is -2.15. The van der Waals surface area contributed by atoms with Crippen LogP contribution in [0.5, 0.6) is 5.75 Å². The first-order chi connectivity index (χ1) is 11.4. The van der Waals surface area contributed by atoms with Gasteiger partial charge in [-0.3, -0.25) is 9.59 Å². The van der Waals surface area contributed by atoms with Gasteiger partial charge in [-0.1, -0.05) is 12.1 Å². The summed E-state index contributed by atoms with van der Waals surface area (Å²) in [6.07, 6.45) is 1.72. The lowest BCUT2D eigenvalue weighted by atomic mass is 10.1. The molecule has 2 amide bonds. The number of aliphatic carboxylic acids is 1. The largest absolute Gasteiger partial charge is 0.482 e. The number of carbonyl (C=O) groups excluding carboxylic acids is 2. The van der Waals surface area contributed by atoms with Crippen LogP contribution >= 0.6 is 0 Å². The summed E-state index contributed by atoms with van der Waals surface area (Å²) < 4.78 is 5.02. The summed E-state index contributed by atoms with van der Waals surface area (Å²) in [7, 11) is 0. The highest BCUT2D eigenvalue weighted by molar-refractivity contribution is 5.86. The number of carbonyl (C=O) groups is 3. The minimum atomic E-state index is -1.05. The summed E-state index contributed by atoms with van der Waals surface area (Å²) in [5.41, 5.74) is 11.5. The molecule has 8 heteroatoms. The topological polar surface area (TPSA) is 145 Å². The van der Waals surface area contributed by atoms with Crippen molar-refractivity contribution < 1.29 is 24.2 Å². The van der Waals surface area contributed by atoms with Crippen molar-refractivity contribution in [2.75, 3.05) is 13.2 Å². The van der Waals surface area contributed by atoms with Crippen LogP contribution in [0.25, 0.3) is 0 Å². The Hall–Kier alpha value is -2.61. The van der Waals surface area contributed by atoms with E-state index in [2.05, 4.69) is 5.32 Å². The van der Waals surface area contributed by atoms with Crippen molar-refractivity contribution in [2.24, 2.45) is 11.5 Å². The van der Waals surface area contributed by atoms with Crippen LogP contribution in [0.1, 0.15) is 24.8 Å². The van der Waals surface area contributed by atoms with Gasteiger partial charge in [-0.15, -0.1) is 0 Å². The van der Waals surface area contributed by atoms with E-state index >= 15 is 0 Å². The van der Waals surface area contributed by atoms with Gasteiger partial charge >= 0.3 is 5.97 Å². The average Bonchev–Trinajstić information content (AvgIpc) is 2.55. The van der Waals surface area contributed by atoms with Gasteiger partial charge in [0.15, 0.2) is 6.61 Å². The first-order valence-corrected chi connectivity index (χ1v) is 7.64. The molecule has 0 unspecified atom stereocenters. The Morgan fingerprint density at radius 2 is 1.88 bits per heavy atom. The second-order valence-corrected chi connectivity index (χ2v) is 5.28. The van der Waals surface area contributed by atoms with Crippen molar-refractivity contribution in [3.63, 3.8) is 0 Å². The number of rotatable bonds is 11. The summed E-state index contributed by atoms with van der Waals surface area (Å²) in [4.78, 5) is 33.6. The van der Waals surface area contributed by atoms with Crippen LogP contribution in [0, 0.1) is 0 Å². The summed E-state index contributed by atoms with van der Waals surface area (Å²) in [5, 5.41) is 11.1. The molecule has 0 aliphatic heterocycles. The second kappa shape index (κ2) is 10.2. The third kappa shape index (κ3) is 7.59. The number of hydrogen-bond acceptors (Lipinski definition) is 5. The molecule has 8 nitrogen and oxygen atoms in total. The number of amides is 2. The highest BCUT2D eigenvalue weighted by atomic mass is 16.5. The Labute approximate surface area is 140 Å². The van der Waals surface area contributed by atoms with Crippen LogP contribution in [0.15, 0.2) is 24.3 Å². The molecule has 0 heterocycles. The molecule has 0 fully saturated rings. The smallest absolute Gasteiger partial charge is 0.341 e. The lowest BCUT2D eigenvalue weighted by Crippen LogP contribution is -2.44. The fourth-order valence-electron chi connectivity index (χ4n) is 2.03. The zero-order valence-electron chi connectivity index (χ0n) is 13.4. The van der Waals surface area contributed by atoms with E-state index in [-0.39, 0.29) is 12.3 Å². The molecule has 6 N–H and O–H groups in total. The van der Waals surface area contributed by atoms with Crippen LogP contribution < -0.4 is 21.5 Å². The maximum Gasteiger partial charge on any atom is 0.341 e. The molecule has 1 rings (SSSR count). The molecule has 0 radical (unpaired) electrons. The van der Waals surface area contributed by atoms with Crippen molar-refractivity contribution in [3.05, 3.63) is 29.8 Å². The molecule has 0 saturated heterocycles. The van der Waals surface area contributed by atoms with Gasteiger partial charge in [0.1, 0.15) is 11.8 Å². The number of nitrogens with one attached hydrogen (secondary N) is 1. The van der Waals surface area contributed by atoms with Crippen molar-refractivity contribution in [2.45, 2.75) is 31.7 Å². The number of benzene rings is 1. The van der Waals surface area contributed by atoms with Crippen molar-refractivity contribution in [3.8, 4) is 5.75 Å². The van der Waals surface area contributed by atoms with Crippen LogP contribution in [0.2, 0.25) is 0 Å². The number of ether oxygens (including phenoxy) is 1. The Balaban J connectivity index is 2.42. The van der Waals surface area contributed by atoms with Gasteiger partial charge in [0.25, 0.3) is 0 Å². The molecular formula is C16H23N3O5. The number of carboxylic acid groups (broad SMARTS) is 1. The minimum absolute atomic E-state index is 0.210. The molecule has 0 aliphatic rings. The van der Waals surface area contributed by atoms with Crippen molar-refractivity contribution in [1.82, 2.24) is 5.32 Å². The second-order valence-electron chi connectivity index (χ2n) is 5.28. The molecule has 0 aliphatic carbocycles. The van der Waals surface area contributed by atoms with Gasteiger partial charge in [0, 0.05) is 6.42 Å². The zero-order valence-corrected chi connectivity index (χ0v) is 13.4. The number of carboxylic acids is 1. The number of hydrogen-bond donors (Lipinski definition) is 4. The molecule has 24 heavy (non-hydrogen) atoms. The van der Waals surface area contributed by atoms with Crippen LogP contribution in [-0.4, -0.2) is 42.1 Å². The van der Waals surface area contributed by atoms with Gasteiger partial charge in [-0.25, -0.2) is 4.79 Å². The highest BCUT2D eigenvalue weighted by Crippen LogP contribution is 2.13. The summed E-state index contributed by atoms with van der Waals surface area (Å²) in [6.45, 7) is 0.0228. The average molecular weight is 337 g/mol. The van der Waals surface area contributed by atoms with Gasteiger partial charge in [0.05, 0.1) is 0 Å². The van der Waals surface area contributed by atoms with Crippen molar-refractivity contribution in [1.29, 1.82) is 0 Å². The van der Waals surface area contributed by atoms with Gasteiger partial charge in [0.2, 0.25) is 11.8 Å². The van der Waals surface area contributed by atoms with E-state index in [9.17, 15) is 14.4 Å². The minimum Gasteiger partial charge on any atom is -0.482 e. The van der Waals surface area contributed by atoms with E-state index in [1.165, 1.54) is 0 Å². The van der Waals surface area contributed by atoms with E-state index in [0.717, 1.165) is 5.56 Å². The summed E-state index contributed by atoms with van der Waals surface area (Å²) >= 11 is 0. The Morgan fingerprint density at radius 3 is 2.42 bits per heavy atom. The molecule has 0 aromatic heterocycles. The van der Waals surface area contributed by atoms with Gasteiger partial charge < -0.3 is 26.6 Å². The molecule has 132 valence electrons. The maximum absolute atomic E-state index is 11.9. The zero-order chi connectivity index (χ0) is 17.9. The normalized spacial score (nSPS) is 11.5. The first-order valence-electron chi connectivity index (χ1n) is 7.64. The fourth-order valence-corrected chi connectivity index (χ4v) is 2.03. The van der Waals surface area contributed by atoms with E-state index in [1.807, 2.05) is 0 Å². The van der Waals surface area contributed by atoms with Crippen LogP contribution in [-0.2, 0) is 20.8 Å². The molecule has 1 aromatic rings. The molecule has 1 atom stereocenters. The van der Waals surface area contributed by atoms with Crippen LogP contribution in [0.4, 0.5) is 0 Å². The predicted molar refractivity (Wildman–Crippen MR) is 87.3 cm³/mol. The number of aryl methyl sites for hydroxylation is 1. The lowest BCUT2D eigenvalue weighted by molar-refractivity contribution is -0.139. The Bertz CT molecular complexity index is 559. The SMILES string of the molecule is NCCC[C@H](NC(=O)CCc1ccc(OCC(=O)O)cc1)C(N)=O. The monoisotopic (exact) mass is 337 g/mol. The Morgan fingerprint density at radius 1 is 1.21 bits per heavy atom. The molecular weight excluding hydrogens is 314 g/mol. The first kappa shape index (κ1) is 19.4. The number of primary amides is 1. The fraction of sp³-hybridized carbons (Fsp3) is 0.438. The van der Waals surface area contributed by atoms with Crippen LogP contribution in [0.3, 0.4) is 0 Å². The Kier molecular flexibility index (Phi) is 8.28. The number of nitrogens with two attached hydrogens (primary N) is 2. The predicted octanol–water partition coefficient (Wildman–Crippen LogP) is -0.208. The summed E-state index contributed by atoms with van der Waals surface area (Å²) in [6, 6.07) is 6.09. The molecule has 0 bridgehead atoms. The maximum atomic E-state index is 11.9. The molecule has 1 aromatic carbocycles. The summed E-state index contributed by atoms with van der Waals surface area (Å²) in [5.74, 6) is -1.44. The third-order valence-corrected chi connectivity index (χ3v) is 3.30. The molecule has 0 spiro atoms. The van der Waals surface area contributed by atoms with E-state index in [4.69, 9.17) is 21.3 Å². The highest BCUT2D eigenvalue weighted by Gasteiger charge is 2.17. The van der Waals surface area contributed by atoms with E-state index < -0.39 is 24.5 Å². The van der Waals surface area contributed by atoms with Gasteiger partial charge in [-0.05, 0) is 43.5 Å². The van der Waals surface area contributed by atoms with Crippen molar-refractivity contribution >= 4 is 17.8 Å². The van der Waals surface area contributed by atoms with Gasteiger partial charge in [-0.2, -0.15) is 0 Å². The van der Waals surface area contributed by atoms with E-state index in [1.54, 1.807) is 24.3 Å². The molecule has 0 saturated carbocycles. The van der Waals surface area contributed by atoms with E-state index in [0.29, 0.717) is 31.6 Å².